The number of nitrogens with one attached hydrogen (secondary N) is 1. The molecule has 0 rings (SSSR count). The molecule has 0 aliphatic carbocycles. The third-order valence-electron chi connectivity index (χ3n) is 0.907. The Balaban J connectivity index is 3.71. The van der Waals surface area contributed by atoms with Gasteiger partial charge in [-0.1, -0.05) is 0 Å². The van der Waals surface area contributed by atoms with Crippen LogP contribution in [-0.2, 0) is 9.53 Å². The van der Waals surface area contributed by atoms with Gasteiger partial charge in [-0.15, -0.1) is 0 Å². The minimum Gasteiger partial charge on any atom is -0.444 e. The molecule has 0 saturated heterocycles. The van der Waals surface area contributed by atoms with Crippen molar-refractivity contribution in [2.75, 3.05) is 6.54 Å². The minimum atomic E-state index is -0.616. The number of nitrogens with two attached hydrogens (primary N) is 1. The highest BCUT2D eigenvalue weighted by atomic mass is 32.2. The summed E-state index contributed by atoms with van der Waals surface area (Å²) in [6, 6.07) is 0. The first-order chi connectivity index (χ1) is 5.85. The number of amides is 1. The summed E-state index contributed by atoms with van der Waals surface area (Å²) in [7, 11) is 0. The van der Waals surface area contributed by atoms with Gasteiger partial charge in [0.05, 0.1) is 6.54 Å². The highest BCUT2D eigenvalue weighted by Gasteiger charge is 2.16. The second-order valence-corrected chi connectivity index (χ2v) is 4.04. The van der Waals surface area contributed by atoms with Crippen LogP contribution in [0.1, 0.15) is 20.8 Å². The average molecular weight is 206 g/mol. The quantitative estimate of drug-likeness (QED) is 0.648. The summed E-state index contributed by atoms with van der Waals surface area (Å²) in [4.78, 5) is 21.6. The molecule has 13 heavy (non-hydrogen) atoms. The molecule has 1 amide bonds. The van der Waals surface area contributed by atoms with E-state index in [0.29, 0.717) is 11.9 Å². The van der Waals surface area contributed by atoms with E-state index in [9.17, 15) is 9.59 Å². The molecule has 0 aromatic rings. The molecule has 5 nitrogen and oxygen atoms in total. The monoisotopic (exact) mass is 206 g/mol. The Morgan fingerprint density at radius 1 is 1.46 bits per heavy atom. The molecule has 76 valence electrons. The first kappa shape index (κ1) is 12.2. The fourth-order valence-electron chi connectivity index (χ4n) is 0.500. The smallest absolute Gasteiger partial charge is 0.408 e. The van der Waals surface area contributed by atoms with E-state index in [0.717, 1.165) is 0 Å². The number of carbonyl (C=O) groups is 2. The van der Waals surface area contributed by atoms with E-state index in [1.165, 1.54) is 0 Å². The van der Waals surface area contributed by atoms with Gasteiger partial charge in [0.25, 0.3) is 0 Å². The Bertz CT molecular complexity index is 200. The van der Waals surface area contributed by atoms with Gasteiger partial charge in [-0.25, -0.2) is 4.79 Å². The Morgan fingerprint density at radius 2 is 2.00 bits per heavy atom. The van der Waals surface area contributed by atoms with Crippen molar-refractivity contribution in [3.8, 4) is 0 Å². The lowest BCUT2D eigenvalue weighted by atomic mass is 10.2. The normalized spacial score (nSPS) is 10.8. The fourth-order valence-corrected chi connectivity index (χ4v) is 0.656. The lowest BCUT2D eigenvalue weighted by Gasteiger charge is -2.19. The maximum Gasteiger partial charge on any atom is 0.408 e. The second-order valence-electron chi connectivity index (χ2n) is 3.35. The molecule has 0 aliphatic heterocycles. The fraction of sp³-hybridized carbons (Fsp3) is 0.714. The number of ether oxygens (including phenoxy) is 1. The van der Waals surface area contributed by atoms with Gasteiger partial charge in [0.1, 0.15) is 5.60 Å². The number of hydrogen-bond donors (Lipinski definition) is 2. The molecule has 6 heteroatoms. The zero-order valence-electron chi connectivity index (χ0n) is 7.92. The summed E-state index contributed by atoms with van der Waals surface area (Å²) in [5, 5.41) is 6.92. The summed E-state index contributed by atoms with van der Waals surface area (Å²) in [5.74, 6) is 0. The predicted molar refractivity (Wildman–Crippen MR) is 51.0 cm³/mol. The molecule has 0 aromatic heterocycles. The molecule has 3 N–H and O–H groups in total. The molecule has 0 saturated carbocycles. The summed E-state index contributed by atoms with van der Waals surface area (Å²) in [5.41, 5.74) is -0.553. The van der Waals surface area contributed by atoms with Crippen LogP contribution in [0.4, 0.5) is 4.79 Å². The third-order valence-corrected chi connectivity index (χ3v) is 1.31. The second kappa shape index (κ2) is 5.08. The highest BCUT2D eigenvalue weighted by molar-refractivity contribution is 8.11. The predicted octanol–water partition coefficient (Wildman–Crippen LogP) is 0.645. The van der Waals surface area contributed by atoms with Gasteiger partial charge in [-0.3, -0.25) is 9.93 Å². The first-order valence-corrected chi connectivity index (χ1v) is 4.59. The van der Waals surface area contributed by atoms with E-state index in [2.05, 4.69) is 5.32 Å². The van der Waals surface area contributed by atoms with E-state index in [1.807, 2.05) is 0 Å². The molecule has 0 heterocycles. The van der Waals surface area contributed by atoms with Crippen molar-refractivity contribution in [2.24, 2.45) is 5.14 Å². The van der Waals surface area contributed by atoms with E-state index < -0.39 is 11.7 Å². The summed E-state index contributed by atoms with van der Waals surface area (Å²) in [6.07, 6.45) is -0.616. The van der Waals surface area contributed by atoms with Gasteiger partial charge >= 0.3 is 6.09 Å². The summed E-state index contributed by atoms with van der Waals surface area (Å²) in [6.45, 7) is 5.11. The van der Waals surface area contributed by atoms with E-state index in [4.69, 9.17) is 9.88 Å². The maximum atomic E-state index is 10.9. The molecule has 0 radical (unpaired) electrons. The Kier molecular flexibility index (Phi) is 4.79. The van der Waals surface area contributed by atoms with Crippen molar-refractivity contribution in [2.45, 2.75) is 26.4 Å². The number of carbonyl (C=O) groups excluding carboxylic acids is 2. The Labute approximate surface area is 81.5 Å². The lowest BCUT2D eigenvalue weighted by molar-refractivity contribution is -0.110. The summed E-state index contributed by atoms with van der Waals surface area (Å²) < 4.78 is 4.88. The highest BCUT2D eigenvalue weighted by Crippen LogP contribution is 2.06. The van der Waals surface area contributed by atoms with Crippen molar-refractivity contribution in [1.82, 2.24) is 5.32 Å². The van der Waals surface area contributed by atoms with Crippen LogP contribution in [0.25, 0.3) is 0 Å². The minimum absolute atomic E-state index is 0.115. The van der Waals surface area contributed by atoms with Crippen molar-refractivity contribution >= 4 is 23.2 Å². The Morgan fingerprint density at radius 3 is 2.38 bits per heavy atom. The maximum absolute atomic E-state index is 10.9. The van der Waals surface area contributed by atoms with Crippen LogP contribution in [0.15, 0.2) is 0 Å². The van der Waals surface area contributed by atoms with Gasteiger partial charge in [-0.2, -0.15) is 0 Å². The van der Waals surface area contributed by atoms with Gasteiger partial charge in [-0.05, 0) is 32.7 Å². The third kappa shape index (κ3) is 7.61. The zero-order chi connectivity index (χ0) is 10.5. The first-order valence-electron chi connectivity index (χ1n) is 3.71. The molecule has 0 aromatic carbocycles. The van der Waals surface area contributed by atoms with Crippen LogP contribution < -0.4 is 10.5 Å². The molecular weight excluding hydrogens is 192 g/mol. The number of rotatable bonds is 2. The largest absolute Gasteiger partial charge is 0.444 e. The van der Waals surface area contributed by atoms with Crippen LogP contribution in [0.2, 0.25) is 0 Å². The molecule has 0 bridgehead atoms. The Hall–Kier alpha value is -0.750. The van der Waals surface area contributed by atoms with Crippen LogP contribution in [0.3, 0.4) is 0 Å². The molecule has 0 unspecified atom stereocenters. The van der Waals surface area contributed by atoms with Crippen LogP contribution in [0, 0.1) is 0 Å². The van der Waals surface area contributed by atoms with E-state index >= 15 is 0 Å². The van der Waals surface area contributed by atoms with Gasteiger partial charge in [0.2, 0.25) is 5.12 Å². The standard InChI is InChI=1S/C7H14N2O3S/c1-7(2,3)12-6(11)9-4-5(10)13-8/h4,8H2,1-3H3,(H,9,11). The molecule has 0 fully saturated rings. The van der Waals surface area contributed by atoms with Crippen LogP contribution in [-0.4, -0.2) is 23.4 Å². The van der Waals surface area contributed by atoms with Gasteiger partial charge < -0.3 is 10.1 Å². The van der Waals surface area contributed by atoms with Crippen LogP contribution >= 0.6 is 11.9 Å². The zero-order valence-corrected chi connectivity index (χ0v) is 8.73. The molecular formula is C7H14N2O3S. The van der Waals surface area contributed by atoms with Crippen LogP contribution in [0.5, 0.6) is 0 Å². The lowest BCUT2D eigenvalue weighted by Crippen LogP contribution is -2.35. The topological polar surface area (TPSA) is 81.4 Å². The summed E-state index contributed by atoms with van der Waals surface area (Å²) >= 11 is 0.576. The van der Waals surface area contributed by atoms with Crippen molar-refractivity contribution in [1.29, 1.82) is 0 Å². The number of alkyl carbamates (subject to hydrolysis) is 1. The van der Waals surface area contributed by atoms with Gasteiger partial charge in [0, 0.05) is 0 Å². The van der Waals surface area contributed by atoms with E-state index in [1.54, 1.807) is 20.8 Å². The van der Waals surface area contributed by atoms with Crippen molar-refractivity contribution in [3.63, 3.8) is 0 Å². The molecule has 0 spiro atoms. The van der Waals surface area contributed by atoms with Crippen molar-refractivity contribution in [3.05, 3.63) is 0 Å². The van der Waals surface area contributed by atoms with E-state index in [-0.39, 0.29) is 11.7 Å². The average Bonchev–Trinajstić information content (AvgIpc) is 1.97. The number of hydrogen-bond acceptors (Lipinski definition) is 5. The molecule has 0 atom stereocenters. The van der Waals surface area contributed by atoms with Gasteiger partial charge in [0.15, 0.2) is 0 Å². The van der Waals surface area contributed by atoms with Crippen molar-refractivity contribution < 1.29 is 14.3 Å². The molecule has 0 aliphatic rings. The SMILES string of the molecule is CC(C)(C)OC(=O)NCC(=O)SN.